The van der Waals surface area contributed by atoms with E-state index in [-0.39, 0.29) is 12.5 Å². The Morgan fingerprint density at radius 1 is 1.24 bits per heavy atom. The van der Waals surface area contributed by atoms with E-state index in [2.05, 4.69) is 27.1 Å². The van der Waals surface area contributed by atoms with Crippen LogP contribution in [0.1, 0.15) is 25.3 Å². The van der Waals surface area contributed by atoms with Crippen LogP contribution in [-0.2, 0) is 11.3 Å². The Balaban J connectivity index is 1.88. The summed E-state index contributed by atoms with van der Waals surface area (Å²) < 4.78 is 0. The standard InChI is InChI=1S/C21H31Cl2N5O/c1-15(2)12-24-21(25-13-20(29)27(3)4)26-19-5-7-28(8-6-19)14-16-9-17(22)11-18(23)10-16/h9-11,19H,1,5-8,12-14H2,2-4H3,(H2,24,25,26). The van der Waals surface area contributed by atoms with Crippen LogP contribution in [-0.4, -0.2) is 68.0 Å². The van der Waals surface area contributed by atoms with Crippen molar-refractivity contribution in [3.63, 3.8) is 0 Å². The van der Waals surface area contributed by atoms with E-state index < -0.39 is 0 Å². The molecular formula is C21H31Cl2N5O. The molecule has 1 aliphatic heterocycles. The van der Waals surface area contributed by atoms with Gasteiger partial charge in [-0.1, -0.05) is 35.4 Å². The smallest absolute Gasteiger partial charge is 0.243 e. The second-order valence-corrected chi connectivity index (χ2v) is 8.61. The van der Waals surface area contributed by atoms with Crippen LogP contribution in [0.2, 0.25) is 10.0 Å². The number of aliphatic imine (C=N–C) groups is 1. The molecule has 6 nitrogen and oxygen atoms in total. The lowest BCUT2D eigenvalue weighted by atomic mass is 10.0. The van der Waals surface area contributed by atoms with Gasteiger partial charge in [0.25, 0.3) is 0 Å². The zero-order chi connectivity index (χ0) is 21.4. The molecule has 0 aromatic heterocycles. The molecular weight excluding hydrogens is 409 g/mol. The van der Waals surface area contributed by atoms with Gasteiger partial charge < -0.3 is 15.5 Å². The van der Waals surface area contributed by atoms with Crippen LogP contribution in [0.25, 0.3) is 0 Å². The van der Waals surface area contributed by atoms with Gasteiger partial charge in [0.2, 0.25) is 5.91 Å². The van der Waals surface area contributed by atoms with Crippen molar-refractivity contribution in [3.8, 4) is 0 Å². The molecule has 0 spiro atoms. The van der Waals surface area contributed by atoms with Gasteiger partial charge in [-0.3, -0.25) is 9.69 Å². The highest BCUT2D eigenvalue weighted by atomic mass is 35.5. The monoisotopic (exact) mass is 439 g/mol. The van der Waals surface area contributed by atoms with Gasteiger partial charge in [0.1, 0.15) is 6.54 Å². The molecule has 0 bridgehead atoms. The molecule has 0 aliphatic carbocycles. The molecule has 29 heavy (non-hydrogen) atoms. The van der Waals surface area contributed by atoms with Crippen molar-refractivity contribution in [2.75, 3.05) is 40.3 Å². The third kappa shape index (κ3) is 8.64. The molecule has 0 saturated carbocycles. The van der Waals surface area contributed by atoms with Crippen LogP contribution in [0, 0.1) is 0 Å². The van der Waals surface area contributed by atoms with Gasteiger partial charge in [0.15, 0.2) is 5.96 Å². The van der Waals surface area contributed by atoms with E-state index in [9.17, 15) is 4.79 Å². The molecule has 2 rings (SSSR count). The topological polar surface area (TPSA) is 60.0 Å². The number of rotatable bonds is 7. The van der Waals surface area contributed by atoms with E-state index in [0.717, 1.165) is 43.6 Å². The van der Waals surface area contributed by atoms with Crippen LogP contribution in [0.15, 0.2) is 35.3 Å². The zero-order valence-electron chi connectivity index (χ0n) is 17.5. The van der Waals surface area contributed by atoms with Gasteiger partial charge in [0.05, 0.1) is 0 Å². The normalized spacial score (nSPS) is 15.8. The molecule has 1 amide bonds. The Labute approximate surface area is 183 Å². The second kappa shape index (κ2) is 11.4. The van der Waals surface area contributed by atoms with Gasteiger partial charge in [-0.2, -0.15) is 0 Å². The summed E-state index contributed by atoms with van der Waals surface area (Å²) in [6, 6.07) is 5.99. The van der Waals surface area contributed by atoms with Crippen LogP contribution >= 0.6 is 23.2 Å². The summed E-state index contributed by atoms with van der Waals surface area (Å²) >= 11 is 12.2. The Morgan fingerprint density at radius 2 is 1.86 bits per heavy atom. The van der Waals surface area contributed by atoms with Gasteiger partial charge in [-0.15, -0.1) is 0 Å². The number of likely N-dealkylation sites (N-methyl/N-ethyl adjacent to an activating group) is 1. The van der Waals surface area contributed by atoms with Gasteiger partial charge in [-0.25, -0.2) is 4.99 Å². The molecule has 1 aliphatic rings. The Bertz CT molecular complexity index is 722. The lowest BCUT2D eigenvalue weighted by Gasteiger charge is -2.33. The molecule has 2 N–H and O–H groups in total. The van der Waals surface area contributed by atoms with E-state index in [1.54, 1.807) is 25.1 Å². The first kappa shape index (κ1) is 23.5. The molecule has 1 fully saturated rings. The summed E-state index contributed by atoms with van der Waals surface area (Å²) in [4.78, 5) is 20.2. The fourth-order valence-corrected chi connectivity index (χ4v) is 3.64. The van der Waals surface area contributed by atoms with Gasteiger partial charge >= 0.3 is 0 Å². The molecule has 1 heterocycles. The van der Waals surface area contributed by atoms with E-state index in [1.165, 1.54) is 0 Å². The highest BCUT2D eigenvalue weighted by Gasteiger charge is 2.20. The van der Waals surface area contributed by atoms with Crippen molar-refractivity contribution in [1.82, 2.24) is 20.4 Å². The molecule has 8 heteroatoms. The zero-order valence-corrected chi connectivity index (χ0v) is 19.0. The van der Waals surface area contributed by atoms with Crippen LogP contribution in [0.3, 0.4) is 0 Å². The molecule has 1 saturated heterocycles. The number of benzene rings is 1. The molecule has 0 atom stereocenters. The van der Waals surface area contributed by atoms with Gasteiger partial charge in [-0.05, 0) is 43.5 Å². The van der Waals surface area contributed by atoms with Crippen molar-refractivity contribution in [2.24, 2.45) is 4.99 Å². The summed E-state index contributed by atoms with van der Waals surface area (Å²) in [6.07, 6.45) is 1.98. The number of hydrogen-bond acceptors (Lipinski definition) is 3. The SMILES string of the molecule is C=C(C)CNC(=NCC(=O)N(C)C)NC1CCN(Cc2cc(Cl)cc(Cl)c2)CC1. The van der Waals surface area contributed by atoms with Crippen LogP contribution in [0.4, 0.5) is 0 Å². The van der Waals surface area contributed by atoms with E-state index in [4.69, 9.17) is 23.2 Å². The Hall–Kier alpha value is -1.76. The lowest BCUT2D eigenvalue weighted by Crippen LogP contribution is -2.49. The highest BCUT2D eigenvalue weighted by Crippen LogP contribution is 2.21. The summed E-state index contributed by atoms with van der Waals surface area (Å²) in [6.45, 7) is 9.37. The molecule has 160 valence electrons. The molecule has 0 unspecified atom stereocenters. The number of guanidine groups is 1. The average molecular weight is 440 g/mol. The van der Waals surface area contributed by atoms with Crippen molar-refractivity contribution < 1.29 is 4.79 Å². The summed E-state index contributed by atoms with van der Waals surface area (Å²) in [7, 11) is 3.46. The molecule has 1 aromatic carbocycles. The second-order valence-electron chi connectivity index (χ2n) is 7.74. The number of carbonyl (C=O) groups is 1. The van der Waals surface area contributed by atoms with Crippen LogP contribution < -0.4 is 10.6 Å². The van der Waals surface area contributed by atoms with Crippen molar-refractivity contribution in [3.05, 3.63) is 46.0 Å². The maximum atomic E-state index is 11.9. The van der Waals surface area contributed by atoms with Crippen molar-refractivity contribution in [1.29, 1.82) is 0 Å². The van der Waals surface area contributed by atoms with E-state index in [1.807, 2.05) is 19.1 Å². The fourth-order valence-electron chi connectivity index (χ4n) is 3.06. The quantitative estimate of drug-likeness (QED) is 0.389. The van der Waals surface area contributed by atoms with Crippen LogP contribution in [0.5, 0.6) is 0 Å². The van der Waals surface area contributed by atoms with Gasteiger partial charge in [0, 0.05) is 56.4 Å². The molecule has 1 aromatic rings. The summed E-state index contributed by atoms with van der Waals surface area (Å²) in [5, 5.41) is 8.05. The highest BCUT2D eigenvalue weighted by molar-refractivity contribution is 6.34. The third-order valence-electron chi connectivity index (χ3n) is 4.69. The lowest BCUT2D eigenvalue weighted by molar-refractivity contribution is -0.127. The van der Waals surface area contributed by atoms with E-state index >= 15 is 0 Å². The minimum absolute atomic E-state index is 0.0311. The first-order valence-electron chi connectivity index (χ1n) is 9.79. The first-order chi connectivity index (χ1) is 13.7. The number of nitrogens with one attached hydrogen (secondary N) is 2. The first-order valence-corrected chi connectivity index (χ1v) is 10.5. The van der Waals surface area contributed by atoms with Crippen molar-refractivity contribution in [2.45, 2.75) is 32.4 Å². The van der Waals surface area contributed by atoms with Crippen molar-refractivity contribution >= 4 is 35.1 Å². The Kier molecular flexibility index (Phi) is 9.27. The minimum Gasteiger partial charge on any atom is -0.354 e. The number of piperidine rings is 1. The number of likely N-dealkylation sites (tertiary alicyclic amines) is 1. The van der Waals surface area contributed by atoms with E-state index in [0.29, 0.717) is 28.6 Å². The largest absolute Gasteiger partial charge is 0.354 e. The predicted octanol–water partition coefficient (Wildman–Crippen LogP) is 3.16. The number of nitrogens with zero attached hydrogens (tertiary/aromatic N) is 3. The predicted molar refractivity (Wildman–Crippen MR) is 122 cm³/mol. The number of carbonyl (C=O) groups excluding carboxylic acids is 1. The maximum absolute atomic E-state index is 11.9. The maximum Gasteiger partial charge on any atom is 0.243 e. The summed E-state index contributed by atoms with van der Waals surface area (Å²) in [5.74, 6) is 0.625. The number of halogens is 2. The third-order valence-corrected chi connectivity index (χ3v) is 5.12. The fraction of sp³-hybridized carbons (Fsp3) is 0.524. The molecule has 0 radical (unpaired) electrons. The minimum atomic E-state index is -0.0311. The average Bonchev–Trinajstić information content (AvgIpc) is 2.64. The number of hydrogen-bond donors (Lipinski definition) is 2. The summed E-state index contributed by atoms with van der Waals surface area (Å²) in [5.41, 5.74) is 2.13. The number of amides is 1. The Morgan fingerprint density at radius 3 is 2.41 bits per heavy atom.